The van der Waals surface area contributed by atoms with Crippen LogP contribution in [0.1, 0.15) is 38.8 Å². The van der Waals surface area contributed by atoms with Crippen LogP contribution in [-0.2, 0) is 32.1 Å². The van der Waals surface area contributed by atoms with Crippen molar-refractivity contribution in [2.24, 2.45) is 0 Å². The van der Waals surface area contributed by atoms with Crippen LogP contribution < -0.4 is 20.7 Å². The highest BCUT2D eigenvalue weighted by atomic mass is 16.6. The second-order valence-electron chi connectivity index (χ2n) is 9.16. The highest BCUT2D eigenvalue weighted by molar-refractivity contribution is 5.92. The topological polar surface area (TPSA) is 143 Å². The summed E-state index contributed by atoms with van der Waals surface area (Å²) in [6.07, 6.45) is -0.665. The average molecular weight is 500 g/mol. The van der Waals surface area contributed by atoms with Crippen molar-refractivity contribution in [2.45, 2.75) is 58.4 Å². The van der Waals surface area contributed by atoms with Gasteiger partial charge in [-0.3, -0.25) is 14.4 Å². The van der Waals surface area contributed by atoms with Crippen molar-refractivity contribution in [3.63, 3.8) is 0 Å². The molecule has 194 valence electrons. The van der Waals surface area contributed by atoms with Gasteiger partial charge in [-0.25, -0.2) is 4.79 Å². The standard InChI is InChI=1S/C26H33N3O7/c1-17(23(32)27-15-22(30)31)28-24(33)21(29-25(34)36-26(2,3)4)14-18-10-12-20(13-11-18)35-16-19-8-6-5-7-9-19/h5-13,17,21H,14-16H2,1-4H3,(H,27,32)(H,28,33)(H,29,34)(H,30,31)/t17-,21+/m1/s1. The number of carboxylic acids is 1. The molecule has 2 aromatic rings. The molecule has 0 aromatic heterocycles. The van der Waals surface area contributed by atoms with Crippen LogP contribution in [0.4, 0.5) is 4.79 Å². The molecule has 2 rings (SSSR count). The van der Waals surface area contributed by atoms with Crippen molar-refractivity contribution in [2.75, 3.05) is 6.54 Å². The van der Waals surface area contributed by atoms with Crippen LogP contribution in [0.3, 0.4) is 0 Å². The van der Waals surface area contributed by atoms with Gasteiger partial charge in [0.15, 0.2) is 0 Å². The molecule has 0 aliphatic rings. The molecular formula is C26H33N3O7. The second kappa shape index (κ2) is 13.1. The van der Waals surface area contributed by atoms with Gasteiger partial charge >= 0.3 is 12.1 Å². The van der Waals surface area contributed by atoms with Gasteiger partial charge in [0.25, 0.3) is 0 Å². The van der Waals surface area contributed by atoms with Crippen molar-refractivity contribution in [3.05, 3.63) is 65.7 Å². The van der Waals surface area contributed by atoms with Crippen molar-refractivity contribution in [3.8, 4) is 5.75 Å². The predicted octanol–water partition coefficient (Wildman–Crippen LogP) is 2.41. The first kappa shape index (κ1) is 28.2. The van der Waals surface area contributed by atoms with Crippen LogP contribution in [0.15, 0.2) is 54.6 Å². The highest BCUT2D eigenvalue weighted by Crippen LogP contribution is 2.16. The van der Waals surface area contributed by atoms with E-state index in [2.05, 4.69) is 16.0 Å². The molecule has 3 amide bonds. The Hall–Kier alpha value is -4.08. The number of alkyl carbamates (subject to hydrolysis) is 1. The normalized spacial score (nSPS) is 12.6. The van der Waals surface area contributed by atoms with Gasteiger partial charge in [-0.2, -0.15) is 0 Å². The average Bonchev–Trinajstić information content (AvgIpc) is 2.81. The number of benzene rings is 2. The Morgan fingerprint density at radius 2 is 1.53 bits per heavy atom. The van der Waals surface area contributed by atoms with Crippen molar-refractivity contribution in [1.29, 1.82) is 0 Å². The van der Waals surface area contributed by atoms with E-state index in [0.29, 0.717) is 12.4 Å². The molecule has 0 unspecified atom stereocenters. The first-order chi connectivity index (χ1) is 16.9. The molecule has 2 atom stereocenters. The van der Waals surface area contributed by atoms with E-state index in [9.17, 15) is 19.2 Å². The van der Waals surface area contributed by atoms with E-state index < -0.39 is 48.1 Å². The molecule has 10 nitrogen and oxygen atoms in total. The lowest BCUT2D eigenvalue weighted by Gasteiger charge is -2.24. The third-order valence-electron chi connectivity index (χ3n) is 4.78. The van der Waals surface area contributed by atoms with Crippen molar-refractivity contribution < 1.29 is 33.8 Å². The fourth-order valence-corrected chi connectivity index (χ4v) is 3.05. The van der Waals surface area contributed by atoms with Gasteiger partial charge < -0.3 is 30.5 Å². The number of rotatable bonds is 11. The van der Waals surface area contributed by atoms with Gasteiger partial charge in [0.2, 0.25) is 11.8 Å². The number of hydrogen-bond acceptors (Lipinski definition) is 6. The number of carbonyl (C=O) groups excluding carboxylic acids is 3. The fourth-order valence-electron chi connectivity index (χ4n) is 3.05. The molecule has 0 aliphatic heterocycles. The molecule has 36 heavy (non-hydrogen) atoms. The Morgan fingerprint density at radius 3 is 2.11 bits per heavy atom. The predicted molar refractivity (Wildman–Crippen MR) is 132 cm³/mol. The summed E-state index contributed by atoms with van der Waals surface area (Å²) in [6.45, 7) is 6.35. The van der Waals surface area contributed by atoms with Gasteiger partial charge in [0.05, 0.1) is 0 Å². The maximum atomic E-state index is 12.9. The van der Waals surface area contributed by atoms with E-state index >= 15 is 0 Å². The lowest BCUT2D eigenvalue weighted by atomic mass is 10.0. The Kier molecular flexibility index (Phi) is 10.3. The third-order valence-corrected chi connectivity index (χ3v) is 4.78. The Bertz CT molecular complexity index is 1030. The van der Waals surface area contributed by atoms with Crippen LogP contribution in [0.25, 0.3) is 0 Å². The second-order valence-corrected chi connectivity index (χ2v) is 9.16. The molecule has 0 spiro atoms. The zero-order valence-corrected chi connectivity index (χ0v) is 20.9. The molecule has 0 fully saturated rings. The molecule has 0 heterocycles. The molecule has 0 radical (unpaired) electrons. The zero-order chi connectivity index (χ0) is 26.7. The summed E-state index contributed by atoms with van der Waals surface area (Å²) in [5.74, 6) is -1.85. The molecule has 0 aliphatic carbocycles. The number of nitrogens with one attached hydrogen (secondary N) is 3. The summed E-state index contributed by atoms with van der Waals surface area (Å²) < 4.78 is 11.1. The molecule has 0 bridgehead atoms. The molecule has 0 saturated heterocycles. The summed E-state index contributed by atoms with van der Waals surface area (Å²) in [5, 5.41) is 16.0. The summed E-state index contributed by atoms with van der Waals surface area (Å²) in [7, 11) is 0. The lowest BCUT2D eigenvalue weighted by molar-refractivity contribution is -0.138. The summed E-state index contributed by atoms with van der Waals surface area (Å²) in [4.78, 5) is 48.0. The maximum Gasteiger partial charge on any atom is 0.408 e. The van der Waals surface area contributed by atoms with Crippen LogP contribution in [0, 0.1) is 0 Å². The van der Waals surface area contributed by atoms with Crippen LogP contribution >= 0.6 is 0 Å². The summed E-state index contributed by atoms with van der Waals surface area (Å²) >= 11 is 0. The number of carbonyl (C=O) groups is 4. The number of hydrogen-bond donors (Lipinski definition) is 4. The first-order valence-corrected chi connectivity index (χ1v) is 11.5. The monoisotopic (exact) mass is 499 g/mol. The molecule has 2 aromatic carbocycles. The van der Waals surface area contributed by atoms with Crippen molar-refractivity contribution in [1.82, 2.24) is 16.0 Å². The van der Waals surface area contributed by atoms with Gasteiger partial charge in [0, 0.05) is 6.42 Å². The first-order valence-electron chi connectivity index (χ1n) is 11.5. The Labute approximate surface area is 210 Å². The minimum Gasteiger partial charge on any atom is -0.489 e. The van der Waals surface area contributed by atoms with Crippen molar-refractivity contribution >= 4 is 23.9 Å². The summed E-state index contributed by atoms with van der Waals surface area (Å²) in [5.41, 5.74) is 0.995. The van der Waals surface area contributed by atoms with Gasteiger partial charge in [0.1, 0.15) is 36.6 Å². The van der Waals surface area contributed by atoms with E-state index in [4.69, 9.17) is 14.6 Å². The van der Waals surface area contributed by atoms with Gasteiger partial charge in [-0.15, -0.1) is 0 Å². The largest absolute Gasteiger partial charge is 0.489 e. The maximum absolute atomic E-state index is 12.9. The number of ether oxygens (including phenoxy) is 2. The lowest BCUT2D eigenvalue weighted by Crippen LogP contribution is -2.54. The highest BCUT2D eigenvalue weighted by Gasteiger charge is 2.27. The minimum atomic E-state index is -1.21. The quantitative estimate of drug-likeness (QED) is 0.372. The van der Waals surface area contributed by atoms with E-state index in [1.807, 2.05) is 30.3 Å². The fraction of sp³-hybridized carbons (Fsp3) is 0.385. The van der Waals surface area contributed by atoms with Gasteiger partial charge in [-0.05, 0) is 51.0 Å². The Morgan fingerprint density at radius 1 is 0.889 bits per heavy atom. The molecular weight excluding hydrogens is 466 g/mol. The minimum absolute atomic E-state index is 0.119. The van der Waals surface area contributed by atoms with Crippen LogP contribution in [0.2, 0.25) is 0 Å². The molecule has 0 saturated carbocycles. The third kappa shape index (κ3) is 10.5. The van der Waals surface area contributed by atoms with Crippen LogP contribution in [-0.4, -0.2) is 53.2 Å². The smallest absolute Gasteiger partial charge is 0.408 e. The molecule has 10 heteroatoms. The summed E-state index contributed by atoms with van der Waals surface area (Å²) in [6, 6.07) is 14.7. The van der Waals surface area contributed by atoms with E-state index in [1.54, 1.807) is 45.0 Å². The number of carboxylic acid groups (broad SMARTS) is 1. The number of amides is 3. The van der Waals surface area contributed by atoms with Crippen LogP contribution in [0.5, 0.6) is 5.75 Å². The van der Waals surface area contributed by atoms with E-state index in [0.717, 1.165) is 11.1 Å². The van der Waals surface area contributed by atoms with E-state index in [1.165, 1.54) is 6.92 Å². The van der Waals surface area contributed by atoms with E-state index in [-0.39, 0.29) is 6.42 Å². The zero-order valence-electron chi connectivity index (χ0n) is 20.9. The SMILES string of the molecule is C[C@@H](NC(=O)[C@H](Cc1ccc(OCc2ccccc2)cc1)NC(=O)OC(C)(C)C)C(=O)NCC(=O)O. The Balaban J connectivity index is 2.05. The molecule has 4 N–H and O–H groups in total. The number of aliphatic carboxylic acids is 1. The van der Waals surface area contributed by atoms with Gasteiger partial charge in [-0.1, -0.05) is 42.5 Å².